The number of imidazole rings is 1. The van der Waals surface area contributed by atoms with E-state index in [1.807, 2.05) is 0 Å². The Balaban J connectivity index is 1.77. The van der Waals surface area contributed by atoms with Gasteiger partial charge in [0.2, 0.25) is 5.88 Å². The fourth-order valence-electron chi connectivity index (χ4n) is 2.30. The van der Waals surface area contributed by atoms with Gasteiger partial charge in [0.15, 0.2) is 17.4 Å². The molecule has 0 aromatic carbocycles. The zero-order valence-corrected chi connectivity index (χ0v) is 15.3. The number of halogens is 3. The number of hydrogen-bond donors (Lipinski definition) is 1. The molecule has 0 fully saturated rings. The van der Waals surface area contributed by atoms with Gasteiger partial charge in [-0.2, -0.15) is 18.2 Å². The summed E-state index contributed by atoms with van der Waals surface area (Å²) in [4.78, 5) is 12.9. The highest BCUT2D eigenvalue weighted by Crippen LogP contribution is 2.29. The zero-order valence-electron chi connectivity index (χ0n) is 14.4. The third kappa shape index (κ3) is 4.35. The van der Waals surface area contributed by atoms with Gasteiger partial charge in [0.05, 0.1) is 12.8 Å². The Hall–Kier alpha value is -2.69. The molecule has 2 N–H and O–H groups in total. The Morgan fingerprint density at radius 1 is 1.22 bits per heavy atom. The number of fused-ring (bicyclic) bond motifs is 1. The predicted molar refractivity (Wildman–Crippen MR) is 94.3 cm³/mol. The van der Waals surface area contributed by atoms with Crippen molar-refractivity contribution in [1.82, 2.24) is 19.6 Å². The molecule has 0 spiro atoms. The lowest BCUT2D eigenvalue weighted by atomic mass is 10.2. The second-order valence-corrected chi connectivity index (χ2v) is 6.48. The molecule has 0 amide bonds. The largest absolute Gasteiger partial charge is 0.484 e. The first-order valence-electron chi connectivity index (χ1n) is 7.74. The summed E-state index contributed by atoms with van der Waals surface area (Å²) in [5, 5.41) is 0.494. The van der Waals surface area contributed by atoms with Gasteiger partial charge in [0.25, 0.3) is 0 Å². The summed E-state index contributed by atoms with van der Waals surface area (Å²) in [5.41, 5.74) is 2.18. The molecule has 0 aliphatic rings. The Morgan fingerprint density at radius 3 is 2.70 bits per heavy atom. The van der Waals surface area contributed by atoms with Crippen LogP contribution in [0.2, 0.25) is 0 Å². The van der Waals surface area contributed by atoms with Crippen molar-refractivity contribution in [3.63, 3.8) is 0 Å². The summed E-state index contributed by atoms with van der Waals surface area (Å²) in [6, 6.07) is 4.82. The van der Waals surface area contributed by atoms with Crippen molar-refractivity contribution in [3.8, 4) is 11.6 Å². The monoisotopic (exact) mass is 399 g/mol. The van der Waals surface area contributed by atoms with E-state index < -0.39 is 12.8 Å². The van der Waals surface area contributed by atoms with Crippen LogP contribution in [0.5, 0.6) is 11.6 Å². The van der Waals surface area contributed by atoms with Crippen LogP contribution in [-0.2, 0) is 5.75 Å². The molecule has 3 heterocycles. The van der Waals surface area contributed by atoms with Gasteiger partial charge in [0, 0.05) is 23.6 Å². The fraction of sp³-hybridized carbons (Fsp3) is 0.312. The van der Waals surface area contributed by atoms with Crippen LogP contribution >= 0.6 is 11.8 Å². The van der Waals surface area contributed by atoms with Crippen LogP contribution in [0.1, 0.15) is 11.3 Å². The standard InChI is InChI=1S/C16H16F3N5O2S/c1-9-11(21-6-5-12(9)26-8-16(17,18)19)7-27-15-22-10-3-4-13(25-2)23-14(10)24(15)20/h3-6H,7-8,20H2,1-2H3. The van der Waals surface area contributed by atoms with Gasteiger partial charge in [-0.15, -0.1) is 0 Å². The maximum atomic E-state index is 12.4. The van der Waals surface area contributed by atoms with E-state index in [-0.39, 0.29) is 5.75 Å². The Labute approximate surface area is 156 Å². The normalized spacial score (nSPS) is 11.7. The third-order valence-corrected chi connectivity index (χ3v) is 4.64. The molecule has 0 radical (unpaired) electrons. The number of aromatic nitrogens is 4. The number of nitrogens with two attached hydrogens (primary N) is 1. The summed E-state index contributed by atoms with van der Waals surface area (Å²) < 4.78 is 48.3. The number of rotatable bonds is 6. The first-order chi connectivity index (χ1) is 12.8. The molecule has 0 bridgehead atoms. The highest BCUT2D eigenvalue weighted by Gasteiger charge is 2.28. The minimum atomic E-state index is -4.40. The van der Waals surface area contributed by atoms with Gasteiger partial charge in [-0.1, -0.05) is 11.8 Å². The van der Waals surface area contributed by atoms with Crippen molar-refractivity contribution in [1.29, 1.82) is 0 Å². The van der Waals surface area contributed by atoms with Gasteiger partial charge in [-0.3, -0.25) is 4.98 Å². The summed E-state index contributed by atoms with van der Waals surface area (Å²) in [7, 11) is 1.50. The molecular formula is C16H16F3N5O2S. The molecule has 0 aliphatic heterocycles. The second kappa shape index (κ2) is 7.51. The number of nitrogens with zero attached hydrogens (tertiary/aromatic N) is 4. The molecule has 144 valence electrons. The van der Waals surface area contributed by atoms with Crippen LogP contribution in [0.15, 0.2) is 29.6 Å². The number of alkyl halides is 3. The van der Waals surface area contributed by atoms with Gasteiger partial charge < -0.3 is 15.3 Å². The first kappa shape index (κ1) is 19.1. The summed E-state index contributed by atoms with van der Waals surface area (Å²) in [6.45, 7) is 0.309. The predicted octanol–water partition coefficient (Wildman–Crippen LogP) is 3.09. The van der Waals surface area contributed by atoms with Crippen LogP contribution in [0.4, 0.5) is 13.2 Å². The molecule has 27 heavy (non-hydrogen) atoms. The number of ether oxygens (including phenoxy) is 2. The molecule has 0 saturated carbocycles. The van der Waals surface area contributed by atoms with Gasteiger partial charge in [-0.05, 0) is 19.1 Å². The number of nitrogen functional groups attached to an aromatic ring is 1. The number of thioether (sulfide) groups is 1. The smallest absolute Gasteiger partial charge is 0.422 e. The van der Waals surface area contributed by atoms with E-state index in [1.54, 1.807) is 19.1 Å². The first-order valence-corrected chi connectivity index (χ1v) is 8.72. The molecule has 0 saturated heterocycles. The van der Waals surface area contributed by atoms with Crippen LogP contribution in [0.3, 0.4) is 0 Å². The van der Waals surface area contributed by atoms with Gasteiger partial charge in [-0.25, -0.2) is 9.66 Å². The van der Waals surface area contributed by atoms with Crippen molar-refractivity contribution >= 4 is 22.9 Å². The maximum Gasteiger partial charge on any atom is 0.422 e. The van der Waals surface area contributed by atoms with Crippen molar-refractivity contribution < 1.29 is 22.6 Å². The van der Waals surface area contributed by atoms with E-state index in [4.69, 9.17) is 15.3 Å². The Bertz CT molecular complexity index is 961. The van der Waals surface area contributed by atoms with Crippen molar-refractivity contribution in [3.05, 3.63) is 35.7 Å². The summed E-state index contributed by atoms with van der Waals surface area (Å²) in [5.74, 6) is 6.95. The Kier molecular flexibility index (Phi) is 5.31. The molecule has 7 nitrogen and oxygen atoms in total. The van der Waals surface area contributed by atoms with E-state index >= 15 is 0 Å². The molecule has 11 heteroatoms. The van der Waals surface area contributed by atoms with Gasteiger partial charge in [0.1, 0.15) is 11.3 Å². The summed E-state index contributed by atoms with van der Waals surface area (Å²) >= 11 is 1.29. The van der Waals surface area contributed by atoms with Crippen LogP contribution in [0, 0.1) is 6.92 Å². The van der Waals surface area contributed by atoms with E-state index in [1.165, 1.54) is 35.8 Å². The fourth-order valence-corrected chi connectivity index (χ4v) is 3.25. The number of pyridine rings is 2. The third-order valence-electron chi connectivity index (χ3n) is 3.68. The highest BCUT2D eigenvalue weighted by molar-refractivity contribution is 7.98. The lowest BCUT2D eigenvalue weighted by Gasteiger charge is -2.13. The average molecular weight is 399 g/mol. The molecule has 3 aromatic heterocycles. The van der Waals surface area contributed by atoms with E-state index in [0.717, 1.165) is 0 Å². The van der Waals surface area contributed by atoms with E-state index in [0.29, 0.717) is 39.2 Å². The van der Waals surface area contributed by atoms with E-state index in [9.17, 15) is 13.2 Å². The molecule has 3 rings (SSSR count). The molecule has 0 atom stereocenters. The molecular weight excluding hydrogens is 383 g/mol. The minimum Gasteiger partial charge on any atom is -0.484 e. The van der Waals surface area contributed by atoms with Crippen LogP contribution in [0.25, 0.3) is 11.2 Å². The number of methoxy groups -OCH3 is 1. The van der Waals surface area contributed by atoms with Crippen molar-refractivity contribution in [2.75, 3.05) is 19.6 Å². The average Bonchev–Trinajstić information content (AvgIpc) is 2.94. The quantitative estimate of drug-likeness (QED) is 0.503. The zero-order chi connectivity index (χ0) is 19.6. The second-order valence-electron chi connectivity index (χ2n) is 5.53. The SMILES string of the molecule is COc1ccc2nc(SCc3nccc(OCC(F)(F)F)c3C)n(N)c2n1. The lowest BCUT2D eigenvalue weighted by Crippen LogP contribution is -2.19. The Morgan fingerprint density at radius 2 is 2.00 bits per heavy atom. The maximum absolute atomic E-state index is 12.4. The highest BCUT2D eigenvalue weighted by atomic mass is 32.2. The molecule has 3 aromatic rings. The van der Waals surface area contributed by atoms with Crippen molar-refractivity contribution in [2.24, 2.45) is 0 Å². The van der Waals surface area contributed by atoms with E-state index in [2.05, 4.69) is 15.0 Å². The lowest BCUT2D eigenvalue weighted by molar-refractivity contribution is -0.153. The number of hydrogen-bond acceptors (Lipinski definition) is 7. The topological polar surface area (TPSA) is 88.1 Å². The van der Waals surface area contributed by atoms with Crippen LogP contribution < -0.4 is 15.3 Å². The minimum absolute atomic E-state index is 0.144. The van der Waals surface area contributed by atoms with Crippen molar-refractivity contribution in [2.45, 2.75) is 24.0 Å². The molecule has 0 unspecified atom stereocenters. The molecule has 0 aliphatic carbocycles. The van der Waals surface area contributed by atoms with Crippen LogP contribution in [-0.4, -0.2) is 39.5 Å². The van der Waals surface area contributed by atoms with Gasteiger partial charge >= 0.3 is 6.18 Å². The summed E-state index contributed by atoms with van der Waals surface area (Å²) in [6.07, 6.45) is -2.99.